The van der Waals surface area contributed by atoms with Gasteiger partial charge in [-0.25, -0.2) is 4.79 Å². The topological polar surface area (TPSA) is 106 Å². The molecule has 8 nitrogen and oxygen atoms in total. The van der Waals surface area contributed by atoms with Crippen LogP contribution in [0.2, 0.25) is 0 Å². The number of phenols is 1. The molecule has 2 aliphatic heterocycles. The molecule has 9 heteroatoms. The third-order valence-electron chi connectivity index (χ3n) is 5.62. The Balaban J connectivity index is 0.00000300. The third-order valence-corrected chi connectivity index (χ3v) is 5.62. The Hall–Kier alpha value is -2.04. The zero-order chi connectivity index (χ0) is 20.1. The Kier molecular flexibility index (Phi) is 8.12. The summed E-state index contributed by atoms with van der Waals surface area (Å²) in [5.41, 5.74) is 0.310. The number of nitrogens with one attached hydrogen (secondary N) is 3. The van der Waals surface area contributed by atoms with E-state index in [0.717, 1.165) is 50.4 Å². The van der Waals surface area contributed by atoms with E-state index in [-0.39, 0.29) is 41.6 Å². The van der Waals surface area contributed by atoms with E-state index in [9.17, 15) is 14.7 Å². The van der Waals surface area contributed by atoms with E-state index in [1.165, 1.54) is 0 Å². The first kappa shape index (κ1) is 23.2. The number of amides is 3. The first-order valence-corrected chi connectivity index (χ1v) is 9.87. The molecule has 2 heterocycles. The van der Waals surface area contributed by atoms with E-state index in [1.54, 1.807) is 12.1 Å². The molecule has 29 heavy (non-hydrogen) atoms. The number of halogens is 1. The number of carbonyl (C=O) groups is 2. The molecule has 3 rings (SSSR count). The zero-order valence-corrected chi connectivity index (χ0v) is 19.2. The molecular weight excluding hydrogens is 485 g/mol. The van der Waals surface area contributed by atoms with Gasteiger partial charge in [0.25, 0.3) is 5.91 Å². The second kappa shape index (κ2) is 10.1. The van der Waals surface area contributed by atoms with Gasteiger partial charge in [0.2, 0.25) is 0 Å². The molecular formula is C20H30IN5O3. The van der Waals surface area contributed by atoms with Crippen LogP contribution in [0.1, 0.15) is 32.3 Å². The summed E-state index contributed by atoms with van der Waals surface area (Å²) >= 11 is 0. The van der Waals surface area contributed by atoms with Crippen LogP contribution >= 0.6 is 24.0 Å². The number of rotatable bonds is 5. The SMILES string of the molecule is CCNC(=NCCc1ccc(O)cc1)N1CCC(C2(C)NC(=O)NC2=O)CC1.I. The second-order valence-corrected chi connectivity index (χ2v) is 7.52. The predicted octanol–water partition coefficient (Wildman–Crippen LogP) is 1.83. The summed E-state index contributed by atoms with van der Waals surface area (Å²) < 4.78 is 0. The van der Waals surface area contributed by atoms with Gasteiger partial charge in [0.1, 0.15) is 11.3 Å². The smallest absolute Gasteiger partial charge is 0.322 e. The molecule has 160 valence electrons. The summed E-state index contributed by atoms with van der Waals surface area (Å²) in [6.07, 6.45) is 2.43. The highest BCUT2D eigenvalue weighted by molar-refractivity contribution is 14.0. The van der Waals surface area contributed by atoms with E-state index in [0.29, 0.717) is 6.54 Å². The van der Waals surface area contributed by atoms with Crippen molar-refractivity contribution in [1.82, 2.24) is 20.9 Å². The lowest BCUT2D eigenvalue weighted by atomic mass is 9.79. The van der Waals surface area contributed by atoms with Crippen molar-refractivity contribution in [3.8, 4) is 5.75 Å². The number of likely N-dealkylation sites (tertiary alicyclic amines) is 1. The molecule has 0 saturated carbocycles. The predicted molar refractivity (Wildman–Crippen MR) is 123 cm³/mol. The number of piperidine rings is 1. The van der Waals surface area contributed by atoms with Gasteiger partial charge in [0.05, 0.1) is 0 Å². The molecule has 1 unspecified atom stereocenters. The summed E-state index contributed by atoms with van der Waals surface area (Å²) in [6, 6.07) is 6.79. The number of carbonyl (C=O) groups excluding carboxylic acids is 2. The van der Waals surface area contributed by atoms with Crippen molar-refractivity contribution in [3.05, 3.63) is 29.8 Å². The highest BCUT2D eigenvalue weighted by atomic mass is 127. The Morgan fingerprint density at radius 1 is 1.28 bits per heavy atom. The van der Waals surface area contributed by atoms with Crippen molar-refractivity contribution >= 4 is 41.9 Å². The second-order valence-electron chi connectivity index (χ2n) is 7.52. The number of urea groups is 1. The zero-order valence-electron chi connectivity index (χ0n) is 16.9. The summed E-state index contributed by atoms with van der Waals surface area (Å²) in [7, 11) is 0. The number of imide groups is 1. The monoisotopic (exact) mass is 515 g/mol. The molecule has 1 aromatic carbocycles. The third kappa shape index (κ3) is 5.52. The van der Waals surface area contributed by atoms with Gasteiger partial charge in [-0.2, -0.15) is 0 Å². The minimum atomic E-state index is -0.822. The number of nitrogens with zero attached hydrogens (tertiary/aromatic N) is 2. The summed E-state index contributed by atoms with van der Waals surface area (Å²) in [4.78, 5) is 30.6. The normalized spacial score (nSPS) is 22.7. The highest BCUT2D eigenvalue weighted by Gasteiger charge is 2.48. The molecule has 0 aliphatic carbocycles. The molecule has 2 aliphatic rings. The van der Waals surface area contributed by atoms with Crippen LogP contribution in [0.5, 0.6) is 5.75 Å². The average molecular weight is 515 g/mol. The summed E-state index contributed by atoms with van der Waals surface area (Å²) in [6.45, 7) is 6.87. The lowest BCUT2D eigenvalue weighted by Gasteiger charge is -2.39. The number of hydrogen-bond acceptors (Lipinski definition) is 4. The van der Waals surface area contributed by atoms with Crippen molar-refractivity contribution < 1.29 is 14.7 Å². The van der Waals surface area contributed by atoms with E-state index in [4.69, 9.17) is 4.99 Å². The Morgan fingerprint density at radius 3 is 2.48 bits per heavy atom. The Morgan fingerprint density at radius 2 is 1.93 bits per heavy atom. The summed E-state index contributed by atoms with van der Waals surface area (Å²) in [5.74, 6) is 1.02. The van der Waals surface area contributed by atoms with Gasteiger partial charge in [0, 0.05) is 26.2 Å². The number of benzene rings is 1. The van der Waals surface area contributed by atoms with Gasteiger partial charge in [0.15, 0.2) is 5.96 Å². The van der Waals surface area contributed by atoms with Crippen LogP contribution in [0.15, 0.2) is 29.3 Å². The lowest BCUT2D eigenvalue weighted by Crippen LogP contribution is -2.55. The molecule has 1 atom stereocenters. The van der Waals surface area contributed by atoms with Crippen molar-refractivity contribution in [3.63, 3.8) is 0 Å². The quantitative estimate of drug-likeness (QED) is 0.207. The highest BCUT2D eigenvalue weighted by Crippen LogP contribution is 2.30. The molecule has 1 aromatic rings. The van der Waals surface area contributed by atoms with E-state index < -0.39 is 11.6 Å². The number of aliphatic imine (C=N–C) groups is 1. The van der Waals surface area contributed by atoms with Crippen LogP contribution in [0, 0.1) is 5.92 Å². The van der Waals surface area contributed by atoms with Crippen LogP contribution in [-0.4, -0.2) is 59.6 Å². The fourth-order valence-corrected chi connectivity index (χ4v) is 3.89. The molecule has 0 bridgehead atoms. The molecule has 0 aromatic heterocycles. The number of aromatic hydroxyl groups is 1. The largest absolute Gasteiger partial charge is 0.508 e. The van der Waals surface area contributed by atoms with Crippen molar-refractivity contribution in [1.29, 1.82) is 0 Å². The maximum absolute atomic E-state index is 12.2. The maximum Gasteiger partial charge on any atom is 0.322 e. The first-order chi connectivity index (χ1) is 13.4. The lowest BCUT2D eigenvalue weighted by molar-refractivity contribution is -0.125. The van der Waals surface area contributed by atoms with Crippen LogP contribution in [-0.2, 0) is 11.2 Å². The first-order valence-electron chi connectivity index (χ1n) is 9.87. The molecule has 4 N–H and O–H groups in total. The Bertz CT molecular complexity index is 747. The molecule has 2 saturated heterocycles. The van der Waals surface area contributed by atoms with Crippen LogP contribution < -0.4 is 16.0 Å². The van der Waals surface area contributed by atoms with Crippen LogP contribution in [0.3, 0.4) is 0 Å². The molecule has 2 fully saturated rings. The Labute approximate surface area is 188 Å². The molecule has 3 amide bonds. The molecule has 0 radical (unpaired) electrons. The fraction of sp³-hybridized carbons (Fsp3) is 0.550. The van der Waals surface area contributed by atoms with Crippen LogP contribution in [0.25, 0.3) is 0 Å². The van der Waals surface area contributed by atoms with Gasteiger partial charge in [-0.1, -0.05) is 12.1 Å². The van der Waals surface area contributed by atoms with Crippen molar-refractivity contribution in [2.75, 3.05) is 26.2 Å². The average Bonchev–Trinajstić information content (AvgIpc) is 2.95. The van der Waals surface area contributed by atoms with E-state index >= 15 is 0 Å². The van der Waals surface area contributed by atoms with Gasteiger partial charge in [-0.3, -0.25) is 15.1 Å². The number of phenolic OH excluding ortho intramolecular Hbond substituents is 1. The van der Waals surface area contributed by atoms with Gasteiger partial charge in [-0.15, -0.1) is 24.0 Å². The van der Waals surface area contributed by atoms with Crippen LogP contribution in [0.4, 0.5) is 4.79 Å². The van der Waals surface area contributed by atoms with E-state index in [2.05, 4.69) is 20.9 Å². The standard InChI is InChI=1S/C20H29N5O3.HI/c1-3-21-18(22-11-8-14-4-6-16(26)7-5-14)25-12-9-15(10-13-25)20(2)17(27)23-19(28)24-20;/h4-7,15,26H,3,8-13H2,1-2H3,(H,21,22)(H2,23,24,27,28);1H. The van der Waals surface area contributed by atoms with Crippen molar-refractivity contribution in [2.24, 2.45) is 10.9 Å². The number of guanidine groups is 1. The summed E-state index contributed by atoms with van der Waals surface area (Å²) in [5, 5.41) is 17.9. The van der Waals surface area contributed by atoms with Crippen molar-refractivity contribution in [2.45, 2.75) is 38.6 Å². The fourth-order valence-electron chi connectivity index (χ4n) is 3.89. The maximum atomic E-state index is 12.2. The minimum Gasteiger partial charge on any atom is -0.508 e. The van der Waals surface area contributed by atoms with Gasteiger partial charge >= 0.3 is 6.03 Å². The number of hydrogen-bond donors (Lipinski definition) is 4. The van der Waals surface area contributed by atoms with Gasteiger partial charge < -0.3 is 20.6 Å². The van der Waals surface area contributed by atoms with E-state index in [1.807, 2.05) is 26.0 Å². The minimum absolute atomic E-state index is 0. The molecule has 0 spiro atoms. The van der Waals surface area contributed by atoms with Gasteiger partial charge in [-0.05, 0) is 56.7 Å².